The maximum atomic E-state index is 4.81. The zero-order chi connectivity index (χ0) is 12.8. The number of benzene rings is 1. The Kier molecular flexibility index (Phi) is 2.74. The van der Waals surface area contributed by atoms with Crippen molar-refractivity contribution >= 4 is 26.7 Å². The fraction of sp³-hybridized carbons (Fsp3) is 0.533. The number of nitrogens with zero attached hydrogens (tertiary/aromatic N) is 3. The first-order valence-corrected chi connectivity index (χ1v) is 7.95. The summed E-state index contributed by atoms with van der Waals surface area (Å²) in [5.74, 6) is 0. The standard InChI is InChI=1S/C15H19N3S/c1-17-11-6-7-12(17)10-18(9-8-11)15-16-13-4-2-3-5-14(13)19-15/h2-5,11-12H,6-10H2,1H3. The summed E-state index contributed by atoms with van der Waals surface area (Å²) in [6.07, 6.45) is 4.01. The average Bonchev–Trinajstić information content (AvgIpc) is 2.91. The number of hydrogen-bond acceptors (Lipinski definition) is 4. The third kappa shape index (κ3) is 1.94. The van der Waals surface area contributed by atoms with Crippen LogP contribution >= 0.6 is 11.3 Å². The lowest BCUT2D eigenvalue weighted by Crippen LogP contribution is -2.36. The molecule has 2 aliphatic rings. The predicted molar refractivity (Wildman–Crippen MR) is 81.0 cm³/mol. The van der Waals surface area contributed by atoms with E-state index in [1.165, 1.54) is 29.1 Å². The number of aromatic nitrogens is 1. The lowest BCUT2D eigenvalue weighted by Gasteiger charge is -2.25. The number of para-hydroxylation sites is 1. The molecule has 0 N–H and O–H groups in total. The van der Waals surface area contributed by atoms with E-state index in [9.17, 15) is 0 Å². The molecule has 0 amide bonds. The van der Waals surface area contributed by atoms with Gasteiger partial charge in [0.25, 0.3) is 0 Å². The number of fused-ring (bicyclic) bond motifs is 3. The van der Waals surface area contributed by atoms with Gasteiger partial charge in [0, 0.05) is 25.2 Å². The van der Waals surface area contributed by atoms with Gasteiger partial charge in [-0.1, -0.05) is 23.5 Å². The van der Waals surface area contributed by atoms with Crippen LogP contribution in [-0.4, -0.2) is 42.1 Å². The second-order valence-electron chi connectivity index (χ2n) is 5.75. The van der Waals surface area contributed by atoms with Crippen molar-refractivity contribution in [1.82, 2.24) is 9.88 Å². The molecule has 0 spiro atoms. The molecule has 4 heteroatoms. The van der Waals surface area contributed by atoms with E-state index in [1.54, 1.807) is 0 Å². The van der Waals surface area contributed by atoms with E-state index in [-0.39, 0.29) is 0 Å². The Labute approximate surface area is 117 Å². The third-order valence-electron chi connectivity index (χ3n) is 4.70. The minimum atomic E-state index is 0.722. The van der Waals surface area contributed by atoms with Crippen LogP contribution in [0.1, 0.15) is 19.3 Å². The molecule has 2 aromatic rings. The first-order chi connectivity index (χ1) is 9.31. The number of anilines is 1. The molecule has 2 aliphatic heterocycles. The van der Waals surface area contributed by atoms with Gasteiger partial charge >= 0.3 is 0 Å². The van der Waals surface area contributed by atoms with Crippen LogP contribution in [0.15, 0.2) is 24.3 Å². The first-order valence-electron chi connectivity index (χ1n) is 7.14. The Morgan fingerprint density at radius 2 is 2.00 bits per heavy atom. The SMILES string of the molecule is CN1C2CCC1CN(c1nc3ccccc3s1)CC2. The Morgan fingerprint density at radius 1 is 1.16 bits per heavy atom. The summed E-state index contributed by atoms with van der Waals surface area (Å²) in [5, 5.41) is 1.21. The topological polar surface area (TPSA) is 19.4 Å². The minimum Gasteiger partial charge on any atom is -0.346 e. The van der Waals surface area contributed by atoms with E-state index in [0.717, 1.165) is 30.7 Å². The lowest BCUT2D eigenvalue weighted by molar-refractivity contribution is 0.254. The molecule has 2 bridgehead atoms. The molecule has 2 unspecified atom stereocenters. The van der Waals surface area contributed by atoms with Crippen molar-refractivity contribution in [2.75, 3.05) is 25.0 Å². The van der Waals surface area contributed by atoms with E-state index in [4.69, 9.17) is 4.98 Å². The van der Waals surface area contributed by atoms with Gasteiger partial charge in [-0.25, -0.2) is 4.98 Å². The van der Waals surface area contributed by atoms with Crippen molar-refractivity contribution in [3.8, 4) is 0 Å². The van der Waals surface area contributed by atoms with Gasteiger partial charge < -0.3 is 4.90 Å². The number of hydrogen-bond donors (Lipinski definition) is 0. The number of thiazole rings is 1. The Morgan fingerprint density at radius 3 is 2.89 bits per heavy atom. The van der Waals surface area contributed by atoms with Crippen LogP contribution in [0.3, 0.4) is 0 Å². The van der Waals surface area contributed by atoms with Gasteiger partial charge in [0.15, 0.2) is 5.13 Å². The molecule has 3 nitrogen and oxygen atoms in total. The Bertz CT molecular complexity index is 561. The summed E-state index contributed by atoms with van der Waals surface area (Å²) >= 11 is 1.84. The molecule has 0 radical (unpaired) electrons. The van der Waals surface area contributed by atoms with Gasteiger partial charge in [-0.3, -0.25) is 4.90 Å². The van der Waals surface area contributed by atoms with Crippen LogP contribution in [0.2, 0.25) is 0 Å². The van der Waals surface area contributed by atoms with Crippen LogP contribution < -0.4 is 4.90 Å². The van der Waals surface area contributed by atoms with E-state index < -0.39 is 0 Å². The largest absolute Gasteiger partial charge is 0.346 e. The second-order valence-corrected chi connectivity index (χ2v) is 6.76. The van der Waals surface area contributed by atoms with E-state index in [2.05, 4.69) is 41.1 Å². The van der Waals surface area contributed by atoms with Gasteiger partial charge in [-0.05, 0) is 38.4 Å². The molecule has 2 fully saturated rings. The number of rotatable bonds is 1. The quantitative estimate of drug-likeness (QED) is 0.796. The van der Waals surface area contributed by atoms with Crippen LogP contribution in [0.25, 0.3) is 10.2 Å². The van der Waals surface area contributed by atoms with Crippen molar-refractivity contribution in [2.45, 2.75) is 31.3 Å². The summed E-state index contributed by atoms with van der Waals surface area (Å²) in [4.78, 5) is 9.91. The van der Waals surface area contributed by atoms with Gasteiger partial charge in [0.1, 0.15) is 0 Å². The second kappa shape index (κ2) is 4.46. The van der Waals surface area contributed by atoms with Crippen LogP contribution in [0.4, 0.5) is 5.13 Å². The zero-order valence-corrected chi connectivity index (χ0v) is 12.1. The maximum Gasteiger partial charge on any atom is 0.186 e. The highest BCUT2D eigenvalue weighted by atomic mass is 32.1. The highest BCUT2D eigenvalue weighted by Crippen LogP contribution is 2.34. The molecule has 19 heavy (non-hydrogen) atoms. The number of likely N-dealkylation sites (N-methyl/N-ethyl adjacent to an activating group) is 1. The fourth-order valence-corrected chi connectivity index (χ4v) is 4.48. The van der Waals surface area contributed by atoms with E-state index >= 15 is 0 Å². The molecule has 4 rings (SSSR count). The molecule has 2 atom stereocenters. The van der Waals surface area contributed by atoms with Gasteiger partial charge in [-0.2, -0.15) is 0 Å². The third-order valence-corrected chi connectivity index (χ3v) is 5.80. The summed E-state index contributed by atoms with van der Waals surface area (Å²) in [7, 11) is 2.30. The summed E-state index contributed by atoms with van der Waals surface area (Å²) in [5.41, 5.74) is 1.14. The molecule has 1 aromatic heterocycles. The van der Waals surface area contributed by atoms with E-state index in [1.807, 2.05) is 11.3 Å². The van der Waals surface area contributed by atoms with Crippen molar-refractivity contribution in [1.29, 1.82) is 0 Å². The maximum absolute atomic E-state index is 4.81. The predicted octanol–water partition coefficient (Wildman–Crippen LogP) is 2.97. The normalized spacial score (nSPS) is 27.9. The monoisotopic (exact) mass is 273 g/mol. The van der Waals surface area contributed by atoms with Gasteiger partial charge in [0.2, 0.25) is 0 Å². The molecular formula is C15H19N3S. The van der Waals surface area contributed by atoms with Crippen LogP contribution in [-0.2, 0) is 0 Å². The van der Waals surface area contributed by atoms with Gasteiger partial charge in [0.05, 0.1) is 10.2 Å². The highest BCUT2D eigenvalue weighted by molar-refractivity contribution is 7.22. The first kappa shape index (κ1) is 11.7. The van der Waals surface area contributed by atoms with Crippen molar-refractivity contribution in [3.63, 3.8) is 0 Å². The summed E-state index contributed by atoms with van der Waals surface area (Å²) < 4.78 is 1.31. The van der Waals surface area contributed by atoms with Crippen molar-refractivity contribution in [2.24, 2.45) is 0 Å². The Balaban J connectivity index is 1.65. The average molecular weight is 273 g/mol. The minimum absolute atomic E-state index is 0.722. The fourth-order valence-electron chi connectivity index (χ4n) is 3.48. The van der Waals surface area contributed by atoms with Gasteiger partial charge in [-0.15, -0.1) is 0 Å². The Hall–Kier alpha value is -1.13. The van der Waals surface area contributed by atoms with Crippen LogP contribution in [0, 0.1) is 0 Å². The zero-order valence-electron chi connectivity index (χ0n) is 11.2. The van der Waals surface area contributed by atoms with E-state index in [0.29, 0.717) is 0 Å². The molecule has 1 aromatic carbocycles. The van der Waals surface area contributed by atoms with Crippen LogP contribution in [0.5, 0.6) is 0 Å². The summed E-state index contributed by atoms with van der Waals surface area (Å²) in [6, 6.07) is 9.98. The highest BCUT2D eigenvalue weighted by Gasteiger charge is 2.35. The molecule has 0 saturated carbocycles. The molecule has 2 saturated heterocycles. The molecular weight excluding hydrogens is 254 g/mol. The van der Waals surface area contributed by atoms with Crippen molar-refractivity contribution in [3.05, 3.63) is 24.3 Å². The smallest absolute Gasteiger partial charge is 0.186 e. The molecule has 100 valence electrons. The van der Waals surface area contributed by atoms with Crippen molar-refractivity contribution < 1.29 is 0 Å². The lowest BCUT2D eigenvalue weighted by atomic mass is 10.1. The summed E-state index contributed by atoms with van der Waals surface area (Å²) in [6.45, 7) is 2.30. The molecule has 3 heterocycles. The molecule has 0 aliphatic carbocycles.